The van der Waals surface area contributed by atoms with Crippen molar-refractivity contribution < 1.29 is 22.7 Å². The standard InChI is InChI=1S/C33H40ClN3O5S/c1-5-30(33(39)35-26-9-6-7-10-26)36(21-25-15-17-27(42-4)18-16-25)32(38)22-37(31-12-8-11-29(34)24(31)3)43(40,41)28-19-13-23(2)14-20-28/h8,11-20,26,30H,5-7,9-10,21-22H2,1-4H3,(H,35,39). The van der Waals surface area contributed by atoms with Gasteiger partial charge in [0.2, 0.25) is 11.8 Å². The van der Waals surface area contributed by atoms with E-state index in [4.69, 9.17) is 16.3 Å². The number of carbonyl (C=O) groups is 2. The van der Waals surface area contributed by atoms with Gasteiger partial charge in [0.05, 0.1) is 17.7 Å². The Morgan fingerprint density at radius 2 is 1.65 bits per heavy atom. The topological polar surface area (TPSA) is 96.0 Å². The van der Waals surface area contributed by atoms with E-state index in [1.54, 1.807) is 56.5 Å². The Labute approximate surface area is 260 Å². The van der Waals surface area contributed by atoms with Crippen molar-refractivity contribution in [3.8, 4) is 5.75 Å². The van der Waals surface area contributed by atoms with Crippen LogP contribution in [-0.4, -0.2) is 50.9 Å². The molecule has 0 spiro atoms. The molecule has 1 unspecified atom stereocenters. The molecule has 2 amide bonds. The number of aryl methyl sites for hydroxylation is 1. The minimum absolute atomic E-state index is 0.0537. The van der Waals surface area contributed by atoms with Crippen LogP contribution in [0.15, 0.2) is 71.6 Å². The molecule has 1 N–H and O–H groups in total. The maximum Gasteiger partial charge on any atom is 0.264 e. The molecule has 0 bridgehead atoms. The molecule has 43 heavy (non-hydrogen) atoms. The number of sulfonamides is 1. The average Bonchev–Trinajstić information content (AvgIpc) is 3.51. The first-order chi connectivity index (χ1) is 20.5. The van der Waals surface area contributed by atoms with Crippen LogP contribution in [0.2, 0.25) is 5.02 Å². The largest absolute Gasteiger partial charge is 0.497 e. The third kappa shape index (κ3) is 7.70. The molecule has 0 aromatic heterocycles. The zero-order valence-corrected chi connectivity index (χ0v) is 26.7. The third-order valence-corrected chi connectivity index (χ3v) is 10.2. The Morgan fingerprint density at radius 3 is 2.26 bits per heavy atom. The molecule has 1 aliphatic rings. The molecule has 0 saturated heterocycles. The molecule has 1 fully saturated rings. The average molecular weight is 626 g/mol. The van der Waals surface area contributed by atoms with Gasteiger partial charge >= 0.3 is 0 Å². The van der Waals surface area contributed by atoms with Crippen molar-refractivity contribution in [1.82, 2.24) is 10.2 Å². The lowest BCUT2D eigenvalue weighted by Crippen LogP contribution is -2.53. The first-order valence-corrected chi connectivity index (χ1v) is 16.4. The SMILES string of the molecule is CCC(C(=O)NC1CCCC1)N(Cc1ccc(OC)cc1)C(=O)CN(c1cccc(Cl)c1C)S(=O)(=O)c1ccc(C)cc1. The fraction of sp³-hybridized carbons (Fsp3) is 0.394. The summed E-state index contributed by atoms with van der Waals surface area (Å²) in [5, 5.41) is 3.51. The van der Waals surface area contributed by atoms with Crippen molar-refractivity contribution in [3.05, 3.63) is 88.4 Å². The summed E-state index contributed by atoms with van der Waals surface area (Å²) in [4.78, 5) is 29.4. The molecule has 10 heteroatoms. The Balaban J connectivity index is 1.74. The van der Waals surface area contributed by atoms with Crippen LogP contribution >= 0.6 is 11.6 Å². The number of methoxy groups -OCH3 is 1. The van der Waals surface area contributed by atoms with E-state index in [-0.39, 0.29) is 23.4 Å². The number of nitrogens with zero attached hydrogens (tertiary/aromatic N) is 2. The van der Waals surface area contributed by atoms with Gasteiger partial charge in [0.25, 0.3) is 10.0 Å². The van der Waals surface area contributed by atoms with Crippen molar-refractivity contribution >= 4 is 39.1 Å². The predicted octanol–water partition coefficient (Wildman–Crippen LogP) is 6.03. The lowest BCUT2D eigenvalue weighted by atomic mass is 10.1. The molecule has 3 aromatic rings. The molecule has 8 nitrogen and oxygen atoms in total. The number of hydrogen-bond acceptors (Lipinski definition) is 5. The van der Waals surface area contributed by atoms with Crippen LogP contribution in [0.1, 0.15) is 55.7 Å². The zero-order chi connectivity index (χ0) is 31.1. The maximum atomic E-state index is 14.3. The van der Waals surface area contributed by atoms with E-state index in [1.807, 2.05) is 26.0 Å². The van der Waals surface area contributed by atoms with E-state index >= 15 is 0 Å². The van der Waals surface area contributed by atoms with E-state index in [2.05, 4.69) is 5.32 Å². The van der Waals surface area contributed by atoms with Crippen LogP contribution in [0.25, 0.3) is 0 Å². The Morgan fingerprint density at radius 1 is 1.00 bits per heavy atom. The molecule has 3 aromatic carbocycles. The van der Waals surface area contributed by atoms with Gasteiger partial charge in [0, 0.05) is 17.6 Å². The minimum atomic E-state index is -4.18. The number of amides is 2. The highest BCUT2D eigenvalue weighted by molar-refractivity contribution is 7.92. The quantitative estimate of drug-likeness (QED) is 0.265. The van der Waals surface area contributed by atoms with Gasteiger partial charge < -0.3 is 15.0 Å². The normalized spacial score (nSPS) is 14.3. The van der Waals surface area contributed by atoms with Crippen molar-refractivity contribution in [2.24, 2.45) is 0 Å². The second-order valence-electron chi connectivity index (χ2n) is 11.0. The Kier molecular flexibility index (Phi) is 10.7. The number of rotatable bonds is 12. The number of anilines is 1. The van der Waals surface area contributed by atoms with E-state index in [9.17, 15) is 18.0 Å². The second-order valence-corrected chi connectivity index (χ2v) is 13.3. The molecular weight excluding hydrogens is 586 g/mol. The first kappa shape index (κ1) is 32.4. The van der Waals surface area contributed by atoms with E-state index in [0.717, 1.165) is 41.1 Å². The van der Waals surface area contributed by atoms with Crippen LogP contribution in [0.3, 0.4) is 0 Å². The molecule has 0 heterocycles. The number of nitrogens with one attached hydrogen (secondary N) is 1. The summed E-state index contributed by atoms with van der Waals surface area (Å²) >= 11 is 6.42. The van der Waals surface area contributed by atoms with Gasteiger partial charge in [0.1, 0.15) is 18.3 Å². The molecule has 1 saturated carbocycles. The molecule has 1 atom stereocenters. The maximum absolute atomic E-state index is 14.3. The summed E-state index contributed by atoms with van der Waals surface area (Å²) in [5.41, 5.74) is 2.52. The van der Waals surface area contributed by atoms with Crippen LogP contribution < -0.4 is 14.4 Å². The monoisotopic (exact) mass is 625 g/mol. The smallest absolute Gasteiger partial charge is 0.264 e. The molecule has 4 rings (SSSR count). The summed E-state index contributed by atoms with van der Waals surface area (Å²) in [6.07, 6.45) is 4.29. The Bertz CT molecular complexity index is 1520. The van der Waals surface area contributed by atoms with E-state index < -0.39 is 28.5 Å². The summed E-state index contributed by atoms with van der Waals surface area (Å²) in [7, 11) is -2.61. The lowest BCUT2D eigenvalue weighted by molar-refractivity contribution is -0.140. The van der Waals surface area contributed by atoms with Gasteiger partial charge in [-0.25, -0.2) is 8.42 Å². The second kappa shape index (κ2) is 14.3. The van der Waals surface area contributed by atoms with E-state index in [1.165, 1.54) is 17.0 Å². The number of carbonyl (C=O) groups excluding carboxylic acids is 2. The zero-order valence-electron chi connectivity index (χ0n) is 25.2. The van der Waals surface area contributed by atoms with Gasteiger partial charge in [0.15, 0.2) is 0 Å². The fourth-order valence-corrected chi connectivity index (χ4v) is 7.07. The lowest BCUT2D eigenvalue weighted by Gasteiger charge is -2.34. The Hall–Kier alpha value is -3.56. The van der Waals surface area contributed by atoms with Gasteiger partial charge in [-0.1, -0.05) is 67.3 Å². The van der Waals surface area contributed by atoms with Crippen LogP contribution in [0, 0.1) is 13.8 Å². The van der Waals surface area contributed by atoms with Crippen molar-refractivity contribution in [2.75, 3.05) is 18.0 Å². The summed E-state index contributed by atoms with van der Waals surface area (Å²) in [5.74, 6) is -0.0677. The molecule has 0 radical (unpaired) electrons. The number of benzene rings is 3. The predicted molar refractivity (Wildman–Crippen MR) is 170 cm³/mol. The molecule has 230 valence electrons. The summed E-state index contributed by atoms with van der Waals surface area (Å²) in [6, 6.07) is 18.0. The van der Waals surface area contributed by atoms with Crippen LogP contribution in [0.4, 0.5) is 5.69 Å². The summed E-state index contributed by atoms with van der Waals surface area (Å²) in [6.45, 7) is 5.05. The highest BCUT2D eigenvalue weighted by Crippen LogP contribution is 2.31. The number of hydrogen-bond donors (Lipinski definition) is 1. The number of ether oxygens (including phenoxy) is 1. The van der Waals surface area contributed by atoms with E-state index in [0.29, 0.717) is 28.4 Å². The molecular formula is C33H40ClN3O5S. The van der Waals surface area contributed by atoms with Crippen molar-refractivity contribution in [2.45, 2.75) is 76.4 Å². The van der Waals surface area contributed by atoms with Crippen LogP contribution in [-0.2, 0) is 26.2 Å². The van der Waals surface area contributed by atoms with Gasteiger partial charge in [-0.2, -0.15) is 0 Å². The molecule has 1 aliphatic carbocycles. The van der Waals surface area contributed by atoms with Gasteiger partial charge in [-0.3, -0.25) is 13.9 Å². The highest BCUT2D eigenvalue weighted by atomic mass is 35.5. The van der Waals surface area contributed by atoms with Gasteiger partial charge in [-0.05, 0) is 80.6 Å². The fourth-order valence-electron chi connectivity index (χ4n) is 5.43. The van der Waals surface area contributed by atoms with Crippen LogP contribution in [0.5, 0.6) is 5.75 Å². The van der Waals surface area contributed by atoms with Crippen molar-refractivity contribution in [1.29, 1.82) is 0 Å². The molecule has 0 aliphatic heterocycles. The first-order valence-electron chi connectivity index (χ1n) is 14.6. The van der Waals surface area contributed by atoms with Gasteiger partial charge in [-0.15, -0.1) is 0 Å². The summed E-state index contributed by atoms with van der Waals surface area (Å²) < 4.78 is 34.6. The minimum Gasteiger partial charge on any atom is -0.497 e. The highest BCUT2D eigenvalue weighted by Gasteiger charge is 2.35. The number of halogens is 1. The third-order valence-electron chi connectivity index (χ3n) is 8.00. The van der Waals surface area contributed by atoms with Crippen molar-refractivity contribution in [3.63, 3.8) is 0 Å².